The highest BCUT2D eigenvalue weighted by Gasteiger charge is 2.19. The number of pyridine rings is 1. The van der Waals surface area contributed by atoms with Crippen molar-refractivity contribution in [1.82, 2.24) is 15.0 Å². The zero-order valence-electron chi connectivity index (χ0n) is 13.9. The van der Waals surface area contributed by atoms with Crippen LogP contribution in [0, 0.1) is 0 Å². The Hall–Kier alpha value is -2.97. The molecule has 3 aromatic heterocycles. The number of aromatic carboxylic acids is 1. The van der Waals surface area contributed by atoms with Crippen LogP contribution in [0.15, 0.2) is 36.0 Å². The number of nitrogens with one attached hydrogen (secondary N) is 1. The van der Waals surface area contributed by atoms with Gasteiger partial charge in [0.25, 0.3) is 0 Å². The van der Waals surface area contributed by atoms with Crippen LogP contribution in [0.3, 0.4) is 0 Å². The van der Waals surface area contributed by atoms with Gasteiger partial charge in [0, 0.05) is 40.5 Å². The number of ether oxygens (including phenoxy) is 2. The van der Waals surface area contributed by atoms with Gasteiger partial charge >= 0.3 is 5.97 Å². The highest BCUT2D eigenvalue weighted by atomic mass is 32.1. The first kappa shape index (κ1) is 16.5. The molecule has 0 aliphatic carbocycles. The van der Waals surface area contributed by atoms with E-state index < -0.39 is 5.97 Å². The van der Waals surface area contributed by atoms with Gasteiger partial charge in [-0.2, -0.15) is 0 Å². The first-order chi connectivity index (χ1) is 12.7. The van der Waals surface area contributed by atoms with Crippen molar-refractivity contribution in [3.63, 3.8) is 0 Å². The average Bonchev–Trinajstić information content (AvgIpc) is 3.27. The lowest BCUT2D eigenvalue weighted by atomic mass is 10.1. The van der Waals surface area contributed by atoms with Gasteiger partial charge in [0.2, 0.25) is 0 Å². The predicted octanol–water partition coefficient (Wildman–Crippen LogP) is 3.60. The summed E-state index contributed by atoms with van der Waals surface area (Å²) in [5.74, 6) is -0.393. The third kappa shape index (κ3) is 2.89. The van der Waals surface area contributed by atoms with E-state index in [4.69, 9.17) is 9.47 Å². The van der Waals surface area contributed by atoms with Crippen molar-refractivity contribution in [1.29, 1.82) is 0 Å². The highest BCUT2D eigenvalue weighted by Crippen LogP contribution is 2.32. The van der Waals surface area contributed by atoms with Gasteiger partial charge in [-0.15, -0.1) is 11.3 Å². The minimum absolute atomic E-state index is 0.00523. The molecule has 0 atom stereocenters. The van der Waals surface area contributed by atoms with E-state index in [1.165, 1.54) is 24.6 Å². The topological polar surface area (TPSA) is 97.3 Å². The Labute approximate surface area is 152 Å². The van der Waals surface area contributed by atoms with E-state index >= 15 is 0 Å². The van der Waals surface area contributed by atoms with Crippen molar-refractivity contribution in [2.45, 2.75) is 13.2 Å². The number of methoxy groups -OCH3 is 1. The molecule has 7 nitrogen and oxygen atoms in total. The van der Waals surface area contributed by atoms with Crippen molar-refractivity contribution in [2.75, 3.05) is 7.11 Å². The third-order valence-corrected chi connectivity index (χ3v) is 4.80. The Balaban J connectivity index is 1.83. The number of H-pyrrole nitrogens is 1. The molecule has 0 unspecified atom stereocenters. The molecule has 4 aromatic rings. The SMILES string of the molecule is COCc1c(C(=O)O)ncc2[nH]c3ccc(OCc4nccs4)cc3c12. The summed E-state index contributed by atoms with van der Waals surface area (Å²) in [6.45, 7) is 0.543. The number of hydrogen-bond acceptors (Lipinski definition) is 6. The van der Waals surface area contributed by atoms with Crippen molar-refractivity contribution >= 4 is 39.1 Å². The number of thiazole rings is 1. The molecule has 0 spiro atoms. The maximum absolute atomic E-state index is 11.5. The molecule has 0 saturated heterocycles. The molecule has 2 N–H and O–H groups in total. The second-order valence-corrected chi connectivity index (χ2v) is 6.64. The van der Waals surface area contributed by atoms with Gasteiger partial charge in [0.05, 0.1) is 18.3 Å². The molecule has 8 heteroatoms. The summed E-state index contributed by atoms with van der Waals surface area (Å²) in [6.07, 6.45) is 3.28. The van der Waals surface area contributed by atoms with Gasteiger partial charge < -0.3 is 19.6 Å². The molecule has 3 heterocycles. The molecule has 0 saturated carbocycles. The number of hydrogen-bond donors (Lipinski definition) is 2. The molecule has 0 radical (unpaired) electrons. The zero-order valence-corrected chi connectivity index (χ0v) is 14.7. The predicted molar refractivity (Wildman–Crippen MR) is 97.7 cm³/mol. The van der Waals surface area contributed by atoms with Gasteiger partial charge in [-0.1, -0.05) is 0 Å². The largest absolute Gasteiger partial charge is 0.486 e. The van der Waals surface area contributed by atoms with E-state index in [1.807, 2.05) is 23.6 Å². The number of benzene rings is 1. The Kier molecular flexibility index (Phi) is 4.27. The summed E-state index contributed by atoms with van der Waals surface area (Å²) in [5, 5.41) is 13.9. The monoisotopic (exact) mass is 369 g/mol. The third-order valence-electron chi connectivity index (χ3n) is 4.05. The number of aromatic amines is 1. The lowest BCUT2D eigenvalue weighted by Gasteiger charge is -2.07. The van der Waals surface area contributed by atoms with Crippen LogP contribution in [0.5, 0.6) is 5.75 Å². The number of carboxylic acid groups (broad SMARTS) is 1. The van der Waals surface area contributed by atoms with E-state index in [0.29, 0.717) is 17.9 Å². The number of aromatic nitrogens is 3. The first-order valence-corrected chi connectivity index (χ1v) is 8.72. The van der Waals surface area contributed by atoms with E-state index in [0.717, 1.165) is 26.8 Å². The summed E-state index contributed by atoms with van der Waals surface area (Å²) in [6, 6.07) is 5.67. The Morgan fingerprint density at radius 1 is 1.27 bits per heavy atom. The van der Waals surface area contributed by atoms with Crippen molar-refractivity contribution in [3.05, 3.63) is 52.2 Å². The normalized spacial score (nSPS) is 11.3. The van der Waals surface area contributed by atoms with Gasteiger partial charge in [-0.05, 0) is 18.2 Å². The minimum atomic E-state index is -1.08. The van der Waals surface area contributed by atoms with Crippen LogP contribution in [-0.4, -0.2) is 33.1 Å². The summed E-state index contributed by atoms with van der Waals surface area (Å²) < 4.78 is 11.0. The van der Waals surface area contributed by atoms with Crippen molar-refractivity contribution in [3.8, 4) is 5.75 Å². The molecule has 0 aliphatic rings. The van der Waals surface area contributed by atoms with Gasteiger partial charge in [-0.25, -0.2) is 14.8 Å². The molecule has 0 aliphatic heterocycles. The van der Waals surface area contributed by atoms with E-state index in [9.17, 15) is 9.90 Å². The number of rotatable bonds is 6. The standard InChI is InChI=1S/C18H15N3O4S/c1-24-8-12-16-11-6-10(25-9-15-19-4-5-26-15)2-3-13(11)21-14(16)7-20-17(12)18(22)23/h2-7,21H,8-9H2,1H3,(H,22,23). The average molecular weight is 369 g/mol. The molecule has 132 valence electrons. The lowest BCUT2D eigenvalue weighted by molar-refractivity contribution is 0.0685. The molecule has 0 amide bonds. The number of carboxylic acids is 1. The maximum atomic E-state index is 11.5. The molecular formula is C18H15N3O4S. The quantitative estimate of drug-likeness (QED) is 0.539. The van der Waals surface area contributed by atoms with Crippen LogP contribution >= 0.6 is 11.3 Å². The number of carbonyl (C=O) groups is 1. The van der Waals surface area contributed by atoms with Crippen molar-refractivity contribution in [2.24, 2.45) is 0 Å². The number of fused-ring (bicyclic) bond motifs is 3. The Bertz CT molecular complexity index is 1090. The molecule has 1 aromatic carbocycles. The molecule has 4 rings (SSSR count). The second kappa shape index (κ2) is 6.74. The molecule has 0 fully saturated rings. The van der Waals surface area contributed by atoms with Crippen LogP contribution in [0.2, 0.25) is 0 Å². The summed E-state index contributed by atoms with van der Waals surface area (Å²) in [7, 11) is 1.53. The Morgan fingerprint density at radius 3 is 2.88 bits per heavy atom. The second-order valence-electron chi connectivity index (χ2n) is 5.66. The Morgan fingerprint density at radius 2 is 2.15 bits per heavy atom. The lowest BCUT2D eigenvalue weighted by Crippen LogP contribution is -2.07. The zero-order chi connectivity index (χ0) is 18.1. The van der Waals surface area contributed by atoms with E-state index in [-0.39, 0.29) is 12.3 Å². The number of nitrogens with zero attached hydrogens (tertiary/aromatic N) is 2. The van der Waals surface area contributed by atoms with E-state index in [2.05, 4.69) is 15.0 Å². The maximum Gasteiger partial charge on any atom is 0.354 e. The van der Waals surface area contributed by atoms with Crippen molar-refractivity contribution < 1.29 is 19.4 Å². The van der Waals surface area contributed by atoms with Crippen LogP contribution in [0.1, 0.15) is 21.1 Å². The van der Waals surface area contributed by atoms with Crippen LogP contribution in [0.25, 0.3) is 21.8 Å². The van der Waals surface area contributed by atoms with Gasteiger partial charge in [0.15, 0.2) is 5.69 Å². The highest BCUT2D eigenvalue weighted by molar-refractivity contribution is 7.09. The fourth-order valence-electron chi connectivity index (χ4n) is 2.97. The van der Waals surface area contributed by atoms with Gasteiger partial charge in [0.1, 0.15) is 17.4 Å². The van der Waals surface area contributed by atoms with Crippen LogP contribution in [-0.2, 0) is 18.0 Å². The molecular weight excluding hydrogens is 354 g/mol. The smallest absolute Gasteiger partial charge is 0.354 e. The van der Waals surface area contributed by atoms with Crippen LogP contribution < -0.4 is 4.74 Å². The summed E-state index contributed by atoms with van der Waals surface area (Å²) in [5.41, 5.74) is 2.17. The molecule has 26 heavy (non-hydrogen) atoms. The summed E-state index contributed by atoms with van der Waals surface area (Å²) in [4.78, 5) is 23.1. The molecule has 0 bridgehead atoms. The first-order valence-electron chi connectivity index (χ1n) is 7.84. The fourth-order valence-corrected chi connectivity index (χ4v) is 3.49. The van der Waals surface area contributed by atoms with Gasteiger partial charge in [-0.3, -0.25) is 0 Å². The van der Waals surface area contributed by atoms with E-state index in [1.54, 1.807) is 6.20 Å². The fraction of sp³-hybridized carbons (Fsp3) is 0.167. The minimum Gasteiger partial charge on any atom is -0.486 e. The van der Waals surface area contributed by atoms with Crippen LogP contribution in [0.4, 0.5) is 0 Å². The summed E-state index contributed by atoms with van der Waals surface area (Å²) >= 11 is 1.53.